The van der Waals surface area contributed by atoms with Gasteiger partial charge in [-0.05, 0) is 60.7 Å². The zero-order valence-electron chi connectivity index (χ0n) is 12.6. The number of hydrogen-bond acceptors (Lipinski definition) is 6. The van der Waals surface area contributed by atoms with Gasteiger partial charge in [0, 0.05) is 5.69 Å². The van der Waals surface area contributed by atoms with E-state index in [0.29, 0.717) is 11.4 Å². The summed E-state index contributed by atoms with van der Waals surface area (Å²) in [5, 5.41) is 13.1. The summed E-state index contributed by atoms with van der Waals surface area (Å²) in [4.78, 5) is -0.0151. The maximum atomic E-state index is 11.2. The van der Waals surface area contributed by atoms with Crippen LogP contribution in [0, 0.1) is 0 Å². The molecule has 0 heterocycles. The molecule has 0 aliphatic carbocycles. The molecule has 0 amide bonds. The van der Waals surface area contributed by atoms with Crippen LogP contribution >= 0.6 is 12.2 Å². The molecular weight excluding hydrogens is 386 g/mol. The number of benzene rings is 2. The summed E-state index contributed by atoms with van der Waals surface area (Å²) in [6, 6.07) is 11.4. The first kappa shape index (κ1) is 19.1. The Bertz CT molecular complexity index is 971. The van der Waals surface area contributed by atoms with Gasteiger partial charge in [0.15, 0.2) is 5.11 Å². The number of rotatable bonds is 5. The van der Waals surface area contributed by atoms with E-state index in [1.165, 1.54) is 48.5 Å². The molecule has 0 spiro atoms. The summed E-state index contributed by atoms with van der Waals surface area (Å²) in [5.74, 6) is 0. The third-order valence-electron chi connectivity index (χ3n) is 2.94. The van der Waals surface area contributed by atoms with Gasteiger partial charge in [-0.1, -0.05) is 0 Å². The van der Waals surface area contributed by atoms with Gasteiger partial charge in [0.05, 0.1) is 15.5 Å². The van der Waals surface area contributed by atoms with Crippen molar-refractivity contribution in [2.75, 3.05) is 10.7 Å². The predicted octanol–water partition coefficient (Wildman–Crippen LogP) is 0.295. The van der Waals surface area contributed by atoms with Crippen LogP contribution in [-0.2, 0) is 20.0 Å². The topological polar surface area (TPSA) is 156 Å². The second-order valence-corrected chi connectivity index (χ2v) is 8.37. The second kappa shape index (κ2) is 7.33. The van der Waals surface area contributed by atoms with Crippen LogP contribution in [0.15, 0.2) is 58.3 Å². The van der Waals surface area contributed by atoms with Gasteiger partial charge in [0.25, 0.3) is 0 Å². The number of hydrogen-bond donors (Lipinski definition) is 5. The van der Waals surface area contributed by atoms with Crippen LogP contribution in [0.4, 0.5) is 11.4 Å². The zero-order chi connectivity index (χ0) is 18.7. The average molecular weight is 401 g/mol. The minimum Gasteiger partial charge on any atom is -0.331 e. The van der Waals surface area contributed by atoms with Crippen molar-refractivity contribution < 1.29 is 16.8 Å². The summed E-state index contributed by atoms with van der Waals surface area (Å²) in [6.07, 6.45) is 0. The molecule has 25 heavy (non-hydrogen) atoms. The summed E-state index contributed by atoms with van der Waals surface area (Å²) in [7, 11) is -7.49. The third-order valence-corrected chi connectivity index (χ3v) is 5.01. The van der Waals surface area contributed by atoms with Crippen LogP contribution in [0.25, 0.3) is 0 Å². The maximum Gasteiger partial charge on any atom is 0.238 e. The van der Waals surface area contributed by atoms with Crippen molar-refractivity contribution >= 4 is 48.8 Å². The van der Waals surface area contributed by atoms with Crippen molar-refractivity contribution in [1.82, 2.24) is 5.43 Å². The summed E-state index contributed by atoms with van der Waals surface area (Å²) in [5.41, 5.74) is 6.58. The molecule has 0 aliphatic heterocycles. The fourth-order valence-electron chi connectivity index (χ4n) is 1.75. The molecule has 0 fully saturated rings. The first-order valence-electron chi connectivity index (χ1n) is 6.64. The van der Waals surface area contributed by atoms with Crippen molar-refractivity contribution in [3.63, 3.8) is 0 Å². The lowest BCUT2D eigenvalue weighted by molar-refractivity contribution is 0.596. The van der Waals surface area contributed by atoms with Crippen molar-refractivity contribution in [3.8, 4) is 0 Å². The Balaban J connectivity index is 1.92. The van der Waals surface area contributed by atoms with E-state index in [-0.39, 0.29) is 14.9 Å². The smallest absolute Gasteiger partial charge is 0.238 e. The van der Waals surface area contributed by atoms with Gasteiger partial charge in [-0.15, -0.1) is 0 Å². The Kier molecular flexibility index (Phi) is 5.59. The van der Waals surface area contributed by atoms with Crippen LogP contribution in [-0.4, -0.2) is 21.9 Å². The molecule has 9 nitrogen and oxygen atoms in total. The fraction of sp³-hybridized carbons (Fsp3) is 0. The Hall–Kier alpha value is -2.25. The number of nitrogens with two attached hydrogens (primary N) is 2. The number of anilines is 2. The van der Waals surface area contributed by atoms with E-state index in [1.54, 1.807) is 0 Å². The Morgan fingerprint density at radius 2 is 1.16 bits per heavy atom. The molecule has 0 aromatic heterocycles. The van der Waals surface area contributed by atoms with Gasteiger partial charge in [-0.25, -0.2) is 27.1 Å². The Morgan fingerprint density at radius 1 is 0.760 bits per heavy atom. The van der Waals surface area contributed by atoms with Crippen LogP contribution in [0.5, 0.6) is 0 Å². The van der Waals surface area contributed by atoms with E-state index in [0.717, 1.165) is 0 Å². The molecule has 0 radical (unpaired) electrons. The lowest BCUT2D eigenvalue weighted by atomic mass is 10.3. The fourth-order valence-corrected chi connectivity index (χ4v) is 2.95. The first-order valence-corrected chi connectivity index (χ1v) is 10.1. The van der Waals surface area contributed by atoms with Gasteiger partial charge < -0.3 is 5.32 Å². The van der Waals surface area contributed by atoms with E-state index >= 15 is 0 Å². The lowest BCUT2D eigenvalue weighted by Gasteiger charge is -2.13. The van der Waals surface area contributed by atoms with E-state index < -0.39 is 20.0 Å². The molecule has 0 unspecified atom stereocenters. The monoisotopic (exact) mass is 401 g/mol. The van der Waals surface area contributed by atoms with Crippen molar-refractivity contribution in [2.45, 2.75) is 9.79 Å². The Morgan fingerprint density at radius 3 is 1.56 bits per heavy atom. The number of hydrazine groups is 1. The van der Waals surface area contributed by atoms with E-state index in [2.05, 4.69) is 16.2 Å². The SMILES string of the molecule is NS(=O)(=O)c1ccc(NNC(=S)Nc2ccc(S(N)(=O)=O)cc2)cc1. The lowest BCUT2D eigenvalue weighted by Crippen LogP contribution is -2.33. The maximum absolute atomic E-state index is 11.2. The van der Waals surface area contributed by atoms with E-state index in [1.807, 2.05) is 0 Å². The number of nitrogens with one attached hydrogen (secondary N) is 3. The highest BCUT2D eigenvalue weighted by molar-refractivity contribution is 7.89. The van der Waals surface area contributed by atoms with Crippen LogP contribution in [0.2, 0.25) is 0 Å². The molecule has 0 saturated heterocycles. The van der Waals surface area contributed by atoms with Crippen LogP contribution < -0.4 is 26.4 Å². The molecule has 2 aromatic carbocycles. The quantitative estimate of drug-likeness (QED) is 0.353. The predicted molar refractivity (Wildman–Crippen MR) is 98.6 cm³/mol. The van der Waals surface area contributed by atoms with Crippen molar-refractivity contribution in [2.24, 2.45) is 10.3 Å². The minimum atomic E-state index is -3.75. The highest BCUT2D eigenvalue weighted by atomic mass is 32.2. The molecule has 0 aliphatic rings. The largest absolute Gasteiger partial charge is 0.331 e. The van der Waals surface area contributed by atoms with Crippen LogP contribution in [0.3, 0.4) is 0 Å². The number of sulfonamides is 2. The molecule has 2 aromatic rings. The molecular formula is C13H15N5O4S3. The van der Waals surface area contributed by atoms with Crippen molar-refractivity contribution in [1.29, 1.82) is 0 Å². The molecule has 0 saturated carbocycles. The van der Waals surface area contributed by atoms with E-state index in [4.69, 9.17) is 22.5 Å². The van der Waals surface area contributed by atoms with E-state index in [9.17, 15) is 16.8 Å². The highest BCUT2D eigenvalue weighted by Crippen LogP contribution is 2.13. The Labute approximate surface area is 150 Å². The third kappa shape index (κ3) is 5.65. The molecule has 134 valence electrons. The molecule has 0 bridgehead atoms. The molecule has 7 N–H and O–H groups in total. The highest BCUT2D eigenvalue weighted by Gasteiger charge is 2.08. The minimum absolute atomic E-state index is 0.00584. The number of thiocarbonyl (C=S) groups is 1. The van der Waals surface area contributed by atoms with Gasteiger partial charge in [0.1, 0.15) is 0 Å². The summed E-state index contributed by atoms with van der Waals surface area (Å²) < 4.78 is 44.7. The zero-order valence-corrected chi connectivity index (χ0v) is 15.1. The molecule has 2 rings (SSSR count). The van der Waals surface area contributed by atoms with Gasteiger partial charge in [-0.3, -0.25) is 10.9 Å². The molecule has 12 heteroatoms. The van der Waals surface area contributed by atoms with Gasteiger partial charge in [-0.2, -0.15) is 0 Å². The standard InChI is InChI=1S/C13H15N5O4S3/c14-24(19,20)11-5-1-9(2-6-11)16-13(23)18-17-10-3-7-12(8-4-10)25(15,21)22/h1-8,17H,(H2,14,19,20)(H2,15,21,22)(H2,16,18,23). The summed E-state index contributed by atoms with van der Waals surface area (Å²) in [6.45, 7) is 0. The van der Waals surface area contributed by atoms with Crippen LogP contribution in [0.1, 0.15) is 0 Å². The average Bonchev–Trinajstić information content (AvgIpc) is 2.52. The normalized spacial score (nSPS) is 11.6. The van der Waals surface area contributed by atoms with Gasteiger partial charge >= 0.3 is 0 Å². The second-order valence-electron chi connectivity index (χ2n) is 4.84. The molecule has 0 atom stereocenters. The summed E-state index contributed by atoms with van der Waals surface area (Å²) >= 11 is 5.08. The number of primary sulfonamides is 2. The van der Waals surface area contributed by atoms with Gasteiger partial charge in [0.2, 0.25) is 20.0 Å². The van der Waals surface area contributed by atoms with Crippen molar-refractivity contribution in [3.05, 3.63) is 48.5 Å². The first-order chi connectivity index (χ1) is 11.6.